The number of esters is 2. The van der Waals surface area contributed by atoms with Gasteiger partial charge in [-0.05, 0) is 39.7 Å². The van der Waals surface area contributed by atoms with Crippen LogP contribution in [0.25, 0.3) is 6.08 Å². The molecule has 1 aliphatic heterocycles. The Labute approximate surface area is 150 Å². The molecule has 0 atom stereocenters. The third-order valence-electron chi connectivity index (χ3n) is 4.14. The van der Waals surface area contributed by atoms with Crippen LogP contribution in [0.2, 0.25) is 0 Å². The van der Waals surface area contributed by atoms with Gasteiger partial charge >= 0.3 is 11.9 Å². The second-order valence-corrected chi connectivity index (χ2v) is 7.99. The van der Waals surface area contributed by atoms with Crippen molar-refractivity contribution in [3.05, 3.63) is 33.8 Å². The summed E-state index contributed by atoms with van der Waals surface area (Å²) >= 11 is 3.48. The highest BCUT2D eigenvalue weighted by atomic mass is 79.9. The Balaban J connectivity index is 2.34. The van der Waals surface area contributed by atoms with Crippen LogP contribution in [0.4, 0.5) is 5.69 Å². The number of hydrogen-bond acceptors (Lipinski definition) is 5. The van der Waals surface area contributed by atoms with Crippen molar-refractivity contribution in [2.24, 2.45) is 5.41 Å². The number of hydrogen-bond donors (Lipinski definition) is 0. The Morgan fingerprint density at radius 1 is 1.12 bits per heavy atom. The summed E-state index contributed by atoms with van der Waals surface area (Å²) in [6, 6.07) is 5.56. The lowest BCUT2D eigenvalue weighted by Crippen LogP contribution is -2.52. The van der Waals surface area contributed by atoms with Crippen molar-refractivity contribution in [3.63, 3.8) is 0 Å². The van der Waals surface area contributed by atoms with Crippen LogP contribution in [0.5, 0.6) is 0 Å². The minimum absolute atomic E-state index is 0.110. The van der Waals surface area contributed by atoms with Crippen molar-refractivity contribution in [1.82, 2.24) is 0 Å². The number of ether oxygens (including phenoxy) is 2. The van der Waals surface area contributed by atoms with Gasteiger partial charge < -0.3 is 14.4 Å². The number of carbonyl (C=O) groups is 2. The van der Waals surface area contributed by atoms with Gasteiger partial charge in [0.25, 0.3) is 5.79 Å². The molecule has 5 nitrogen and oxygen atoms in total. The normalized spacial score (nSPS) is 21.2. The number of halogens is 1. The summed E-state index contributed by atoms with van der Waals surface area (Å²) in [5, 5.41) is 0. The van der Waals surface area contributed by atoms with Gasteiger partial charge in [0.1, 0.15) is 5.57 Å². The maximum atomic E-state index is 12.3. The molecule has 1 aliphatic rings. The third kappa shape index (κ3) is 3.48. The molecule has 0 bridgehead atoms. The van der Waals surface area contributed by atoms with Gasteiger partial charge in [0.2, 0.25) is 0 Å². The first-order valence-corrected chi connectivity index (χ1v) is 8.39. The Kier molecular flexibility index (Phi) is 4.81. The number of rotatable bonds is 2. The predicted molar refractivity (Wildman–Crippen MR) is 96.5 cm³/mol. The topological polar surface area (TPSA) is 55.8 Å². The Hall–Kier alpha value is -1.82. The second kappa shape index (κ2) is 6.24. The van der Waals surface area contributed by atoms with Crippen LogP contribution in [0, 0.1) is 5.41 Å². The SMILES string of the molecule is CN(C)c1ccc(C=C2C(=O)OC(C)(C(C)(C)C)OC2=O)cc1Br. The molecular formula is C18H22BrNO4. The number of anilines is 1. The van der Waals surface area contributed by atoms with Crippen molar-refractivity contribution in [2.75, 3.05) is 19.0 Å². The molecule has 0 spiro atoms. The average molecular weight is 396 g/mol. The molecule has 1 aromatic rings. The molecule has 130 valence electrons. The minimum Gasteiger partial charge on any atom is -0.418 e. The Bertz CT molecular complexity index is 696. The molecule has 0 aliphatic carbocycles. The fraction of sp³-hybridized carbons (Fsp3) is 0.444. The van der Waals surface area contributed by atoms with Crippen molar-refractivity contribution < 1.29 is 19.1 Å². The van der Waals surface area contributed by atoms with Gasteiger partial charge in [-0.2, -0.15) is 0 Å². The summed E-state index contributed by atoms with van der Waals surface area (Å²) in [7, 11) is 3.86. The van der Waals surface area contributed by atoms with E-state index in [4.69, 9.17) is 9.47 Å². The van der Waals surface area contributed by atoms with Gasteiger partial charge in [-0.3, -0.25) is 0 Å². The summed E-state index contributed by atoms with van der Waals surface area (Å²) in [4.78, 5) is 26.6. The molecule has 0 N–H and O–H groups in total. The fourth-order valence-electron chi connectivity index (χ4n) is 2.13. The van der Waals surface area contributed by atoms with E-state index < -0.39 is 23.1 Å². The lowest BCUT2D eigenvalue weighted by molar-refractivity contribution is -0.261. The molecule has 2 rings (SSSR count). The molecule has 0 saturated carbocycles. The number of cyclic esters (lactones) is 2. The summed E-state index contributed by atoms with van der Waals surface area (Å²) < 4.78 is 11.7. The number of benzene rings is 1. The van der Waals surface area contributed by atoms with E-state index in [1.54, 1.807) is 6.92 Å². The molecular weight excluding hydrogens is 374 g/mol. The zero-order valence-corrected chi connectivity index (χ0v) is 16.4. The standard InChI is InChI=1S/C18H22BrNO4/c1-17(2,3)18(4)23-15(21)12(16(22)24-18)9-11-7-8-14(20(5)6)13(19)10-11/h7-10H,1-6H3. The van der Waals surface area contributed by atoms with Crippen LogP contribution in [-0.2, 0) is 19.1 Å². The van der Waals surface area contributed by atoms with Gasteiger partial charge in [-0.25, -0.2) is 9.59 Å². The van der Waals surface area contributed by atoms with Crippen LogP contribution < -0.4 is 4.90 Å². The van der Waals surface area contributed by atoms with Crippen LogP contribution >= 0.6 is 15.9 Å². The molecule has 24 heavy (non-hydrogen) atoms. The quantitative estimate of drug-likeness (QED) is 0.433. The maximum Gasteiger partial charge on any atom is 0.348 e. The van der Waals surface area contributed by atoms with E-state index in [1.807, 2.05) is 58.0 Å². The monoisotopic (exact) mass is 395 g/mol. The fourth-order valence-corrected chi connectivity index (χ4v) is 2.89. The highest BCUT2D eigenvalue weighted by molar-refractivity contribution is 9.10. The molecule has 0 radical (unpaired) electrons. The van der Waals surface area contributed by atoms with E-state index in [0.717, 1.165) is 10.2 Å². The number of carbonyl (C=O) groups excluding carboxylic acids is 2. The lowest BCUT2D eigenvalue weighted by Gasteiger charge is -2.42. The third-order valence-corrected chi connectivity index (χ3v) is 4.78. The molecule has 0 aromatic heterocycles. The van der Waals surface area contributed by atoms with Crippen molar-refractivity contribution in [1.29, 1.82) is 0 Å². The van der Waals surface area contributed by atoms with Crippen molar-refractivity contribution >= 4 is 39.6 Å². The first kappa shape index (κ1) is 18.5. The predicted octanol–water partition coefficient (Wildman–Crippen LogP) is 3.76. The van der Waals surface area contributed by atoms with Gasteiger partial charge in [0.05, 0.1) is 5.69 Å². The lowest BCUT2D eigenvalue weighted by atomic mass is 9.85. The van der Waals surface area contributed by atoms with Gasteiger partial charge in [0, 0.05) is 30.9 Å². The molecule has 0 amide bonds. The van der Waals surface area contributed by atoms with E-state index in [-0.39, 0.29) is 5.57 Å². The van der Waals surface area contributed by atoms with E-state index >= 15 is 0 Å². The van der Waals surface area contributed by atoms with Crippen molar-refractivity contribution in [3.8, 4) is 0 Å². The van der Waals surface area contributed by atoms with E-state index in [0.29, 0.717) is 5.56 Å². The van der Waals surface area contributed by atoms with E-state index in [1.165, 1.54) is 6.08 Å². The smallest absolute Gasteiger partial charge is 0.348 e. The summed E-state index contributed by atoms with van der Waals surface area (Å²) in [6.45, 7) is 7.14. The molecule has 1 heterocycles. The van der Waals surface area contributed by atoms with Crippen LogP contribution in [0.15, 0.2) is 28.2 Å². The first-order chi connectivity index (χ1) is 10.9. The molecule has 6 heteroatoms. The Morgan fingerprint density at radius 2 is 1.67 bits per heavy atom. The summed E-state index contributed by atoms with van der Waals surface area (Å²) in [6.07, 6.45) is 1.48. The van der Waals surface area contributed by atoms with Crippen LogP contribution in [0.1, 0.15) is 33.3 Å². The first-order valence-electron chi connectivity index (χ1n) is 7.60. The van der Waals surface area contributed by atoms with Crippen LogP contribution in [0.3, 0.4) is 0 Å². The summed E-state index contributed by atoms with van der Waals surface area (Å²) in [5.74, 6) is -2.62. The molecule has 1 fully saturated rings. The van der Waals surface area contributed by atoms with Crippen molar-refractivity contribution in [2.45, 2.75) is 33.5 Å². The number of nitrogens with zero attached hydrogens (tertiary/aromatic N) is 1. The van der Waals surface area contributed by atoms with Gasteiger partial charge in [-0.15, -0.1) is 0 Å². The zero-order valence-electron chi connectivity index (χ0n) is 14.8. The summed E-state index contributed by atoms with van der Waals surface area (Å²) in [5.41, 5.74) is 1.06. The van der Waals surface area contributed by atoms with E-state index in [2.05, 4.69) is 15.9 Å². The zero-order chi connectivity index (χ0) is 18.3. The van der Waals surface area contributed by atoms with Crippen LogP contribution in [-0.4, -0.2) is 31.8 Å². The van der Waals surface area contributed by atoms with E-state index in [9.17, 15) is 9.59 Å². The van der Waals surface area contributed by atoms with Gasteiger partial charge in [0.15, 0.2) is 0 Å². The highest BCUT2D eigenvalue weighted by Gasteiger charge is 2.50. The molecule has 0 unspecified atom stereocenters. The Morgan fingerprint density at radius 3 is 2.08 bits per heavy atom. The molecule has 1 saturated heterocycles. The highest BCUT2D eigenvalue weighted by Crippen LogP contribution is 2.39. The second-order valence-electron chi connectivity index (χ2n) is 7.14. The molecule has 1 aromatic carbocycles. The average Bonchev–Trinajstić information content (AvgIpc) is 2.41. The largest absolute Gasteiger partial charge is 0.418 e. The van der Waals surface area contributed by atoms with Gasteiger partial charge in [-0.1, -0.05) is 26.8 Å². The maximum absolute atomic E-state index is 12.3. The minimum atomic E-state index is -1.28.